The molecule has 0 unspecified atom stereocenters. The van der Waals surface area contributed by atoms with Crippen molar-refractivity contribution in [1.82, 2.24) is 19.2 Å². The average molecular weight is 492 g/mol. The molecule has 5 rings (SSSR count). The highest BCUT2D eigenvalue weighted by atomic mass is 32.2. The van der Waals surface area contributed by atoms with Crippen molar-refractivity contribution in [2.75, 3.05) is 11.1 Å². The lowest BCUT2D eigenvalue weighted by Crippen LogP contribution is -2.23. The van der Waals surface area contributed by atoms with Crippen molar-refractivity contribution in [1.29, 1.82) is 0 Å². The van der Waals surface area contributed by atoms with Crippen LogP contribution in [0.15, 0.2) is 70.6 Å². The third kappa shape index (κ3) is 4.06. The molecule has 5 aromatic rings. The number of rotatable bonds is 5. The Morgan fingerprint density at radius 3 is 2.51 bits per heavy atom. The molecule has 35 heavy (non-hydrogen) atoms. The molecule has 10 heteroatoms. The highest BCUT2D eigenvalue weighted by molar-refractivity contribution is 7.99. The van der Waals surface area contributed by atoms with Gasteiger partial charge in [-0.25, -0.2) is 13.3 Å². The smallest absolute Gasteiger partial charge is 0.267 e. The zero-order valence-corrected chi connectivity index (χ0v) is 19.6. The second kappa shape index (κ2) is 8.95. The van der Waals surface area contributed by atoms with Gasteiger partial charge in [-0.1, -0.05) is 42.1 Å². The third-order valence-electron chi connectivity index (χ3n) is 5.59. The maximum atomic E-state index is 13.9. The number of fused-ring (bicyclic) bond motifs is 3. The number of anilines is 1. The summed E-state index contributed by atoms with van der Waals surface area (Å²) in [6.45, 7) is 3.84. The Morgan fingerprint density at radius 2 is 1.74 bits per heavy atom. The van der Waals surface area contributed by atoms with Crippen LogP contribution in [0.4, 0.5) is 14.5 Å². The standard InChI is InChI=1S/C25H19F2N5O2S/c1-14-6-5-7-15(2)22(14)32-23(34)17-8-3-4-9-20(17)31-24(32)29-30-25(31)35-13-21(33)28-19-12-16(26)10-11-18(19)27/h3-12H,13H2,1-2H3,(H,28,33). The van der Waals surface area contributed by atoms with Gasteiger partial charge in [0.25, 0.3) is 5.56 Å². The van der Waals surface area contributed by atoms with Crippen molar-refractivity contribution in [2.24, 2.45) is 0 Å². The van der Waals surface area contributed by atoms with Crippen LogP contribution in [0.2, 0.25) is 0 Å². The van der Waals surface area contributed by atoms with Gasteiger partial charge in [-0.15, -0.1) is 10.2 Å². The summed E-state index contributed by atoms with van der Waals surface area (Å²) in [5.41, 5.74) is 2.65. The van der Waals surface area contributed by atoms with Crippen LogP contribution in [0.25, 0.3) is 22.4 Å². The van der Waals surface area contributed by atoms with E-state index in [0.29, 0.717) is 21.8 Å². The Kier molecular flexibility index (Phi) is 5.81. The van der Waals surface area contributed by atoms with Crippen LogP contribution in [0.3, 0.4) is 0 Å². The van der Waals surface area contributed by atoms with E-state index in [-0.39, 0.29) is 17.0 Å². The van der Waals surface area contributed by atoms with Crippen molar-refractivity contribution in [3.8, 4) is 5.69 Å². The van der Waals surface area contributed by atoms with Crippen LogP contribution in [0.5, 0.6) is 0 Å². The SMILES string of the molecule is Cc1cccc(C)c1-n1c(=O)c2ccccc2n2c(SCC(=O)Nc3cc(F)ccc3F)nnc12. The van der Waals surface area contributed by atoms with Crippen molar-refractivity contribution in [2.45, 2.75) is 19.0 Å². The molecule has 0 spiro atoms. The van der Waals surface area contributed by atoms with E-state index in [0.717, 1.165) is 46.8 Å². The van der Waals surface area contributed by atoms with Gasteiger partial charge >= 0.3 is 0 Å². The maximum absolute atomic E-state index is 13.9. The van der Waals surface area contributed by atoms with Crippen LogP contribution in [-0.4, -0.2) is 30.8 Å². The lowest BCUT2D eigenvalue weighted by Gasteiger charge is -2.15. The summed E-state index contributed by atoms with van der Waals surface area (Å²) in [6, 6.07) is 15.7. The van der Waals surface area contributed by atoms with Gasteiger partial charge in [-0.05, 0) is 49.2 Å². The number of amides is 1. The van der Waals surface area contributed by atoms with Crippen LogP contribution in [0.1, 0.15) is 11.1 Å². The molecule has 0 aliphatic heterocycles. The van der Waals surface area contributed by atoms with Gasteiger partial charge in [-0.3, -0.25) is 14.0 Å². The number of benzene rings is 3. The normalized spacial score (nSPS) is 11.3. The lowest BCUT2D eigenvalue weighted by molar-refractivity contribution is -0.113. The van der Waals surface area contributed by atoms with E-state index in [4.69, 9.17) is 0 Å². The summed E-state index contributed by atoms with van der Waals surface area (Å²) in [5, 5.41) is 11.8. The average Bonchev–Trinajstić information content (AvgIpc) is 3.26. The molecule has 0 fully saturated rings. The van der Waals surface area contributed by atoms with Crippen molar-refractivity contribution >= 4 is 40.0 Å². The molecule has 2 heterocycles. The number of hydrogen-bond donors (Lipinski definition) is 1. The van der Waals surface area contributed by atoms with Gasteiger partial charge in [0.2, 0.25) is 11.7 Å². The highest BCUT2D eigenvalue weighted by Crippen LogP contribution is 2.26. The van der Waals surface area contributed by atoms with Crippen molar-refractivity contribution in [3.63, 3.8) is 0 Å². The minimum absolute atomic E-state index is 0.131. The second-order valence-electron chi connectivity index (χ2n) is 7.98. The molecular weight excluding hydrogens is 472 g/mol. The van der Waals surface area contributed by atoms with Gasteiger partial charge < -0.3 is 5.32 Å². The number of carbonyl (C=O) groups is 1. The maximum Gasteiger partial charge on any atom is 0.267 e. The lowest BCUT2D eigenvalue weighted by atomic mass is 10.1. The summed E-state index contributed by atoms with van der Waals surface area (Å²) in [5.74, 6) is -1.75. The second-order valence-corrected chi connectivity index (χ2v) is 8.92. The number of aryl methyl sites for hydroxylation is 2. The van der Waals surface area contributed by atoms with Gasteiger partial charge in [0.15, 0.2) is 5.16 Å². The molecule has 0 aliphatic carbocycles. The molecular formula is C25H19F2N5O2S. The van der Waals surface area contributed by atoms with E-state index in [1.807, 2.05) is 32.0 Å². The number of thioether (sulfide) groups is 1. The largest absolute Gasteiger partial charge is 0.323 e. The predicted octanol–water partition coefficient (Wildman–Crippen LogP) is 4.66. The minimum Gasteiger partial charge on any atom is -0.323 e. The fraction of sp³-hybridized carbons (Fsp3) is 0.120. The molecule has 0 atom stereocenters. The molecule has 0 radical (unpaired) electrons. The minimum atomic E-state index is -0.735. The number of carbonyl (C=O) groups excluding carboxylic acids is 1. The van der Waals surface area contributed by atoms with Crippen LogP contribution in [0, 0.1) is 25.5 Å². The van der Waals surface area contributed by atoms with Gasteiger partial charge in [0, 0.05) is 6.07 Å². The van der Waals surface area contributed by atoms with E-state index >= 15 is 0 Å². The van der Waals surface area contributed by atoms with Gasteiger partial charge in [0.05, 0.1) is 28.0 Å². The van der Waals surface area contributed by atoms with Gasteiger partial charge in [0.1, 0.15) is 11.6 Å². The molecule has 1 amide bonds. The van der Waals surface area contributed by atoms with E-state index in [2.05, 4.69) is 15.5 Å². The molecule has 176 valence electrons. The summed E-state index contributed by atoms with van der Waals surface area (Å²) in [7, 11) is 0. The fourth-order valence-corrected chi connectivity index (χ4v) is 4.78. The number of hydrogen-bond acceptors (Lipinski definition) is 5. The molecule has 2 aromatic heterocycles. The first-order chi connectivity index (χ1) is 16.8. The topological polar surface area (TPSA) is 81.3 Å². The predicted molar refractivity (Wildman–Crippen MR) is 131 cm³/mol. The zero-order chi connectivity index (χ0) is 24.7. The summed E-state index contributed by atoms with van der Waals surface area (Å²) in [4.78, 5) is 26.0. The summed E-state index contributed by atoms with van der Waals surface area (Å²) >= 11 is 1.07. The van der Waals surface area contributed by atoms with Crippen LogP contribution in [-0.2, 0) is 4.79 Å². The van der Waals surface area contributed by atoms with E-state index < -0.39 is 17.5 Å². The molecule has 7 nitrogen and oxygen atoms in total. The van der Waals surface area contributed by atoms with Crippen molar-refractivity contribution in [3.05, 3.63) is 93.8 Å². The van der Waals surface area contributed by atoms with Crippen LogP contribution < -0.4 is 10.9 Å². The Morgan fingerprint density at radius 1 is 1.00 bits per heavy atom. The number of aromatic nitrogens is 4. The zero-order valence-electron chi connectivity index (χ0n) is 18.8. The van der Waals surface area contributed by atoms with E-state index in [9.17, 15) is 18.4 Å². The fourth-order valence-electron chi connectivity index (χ4n) is 4.04. The quantitative estimate of drug-likeness (QED) is 0.362. The molecule has 0 bridgehead atoms. The molecule has 3 aromatic carbocycles. The molecule has 0 saturated carbocycles. The third-order valence-corrected chi connectivity index (χ3v) is 6.52. The Bertz CT molecular complexity index is 1660. The Labute approximate surface area is 202 Å². The van der Waals surface area contributed by atoms with Gasteiger partial charge in [-0.2, -0.15) is 0 Å². The number of halogens is 2. The highest BCUT2D eigenvalue weighted by Gasteiger charge is 2.20. The van der Waals surface area contributed by atoms with Crippen molar-refractivity contribution < 1.29 is 13.6 Å². The Hall–Kier alpha value is -4.05. The molecule has 0 aliphatic rings. The first kappa shape index (κ1) is 22.7. The monoisotopic (exact) mass is 491 g/mol. The van der Waals surface area contributed by atoms with E-state index in [1.54, 1.807) is 28.7 Å². The number of para-hydroxylation sites is 2. The number of nitrogens with zero attached hydrogens (tertiary/aromatic N) is 4. The molecule has 1 N–H and O–H groups in total. The first-order valence-corrected chi connectivity index (χ1v) is 11.7. The summed E-state index contributed by atoms with van der Waals surface area (Å²) < 4.78 is 30.6. The Balaban J connectivity index is 1.58. The first-order valence-electron chi connectivity index (χ1n) is 10.7. The molecule has 0 saturated heterocycles. The summed E-state index contributed by atoms with van der Waals surface area (Å²) in [6.07, 6.45) is 0. The van der Waals surface area contributed by atoms with Crippen LogP contribution >= 0.6 is 11.8 Å². The number of nitrogens with one attached hydrogen (secondary N) is 1. The van der Waals surface area contributed by atoms with E-state index in [1.165, 1.54) is 4.57 Å².